The van der Waals surface area contributed by atoms with E-state index in [0.29, 0.717) is 44.9 Å². The number of nitrogens with zero attached hydrogens (tertiary/aromatic N) is 6. The summed E-state index contributed by atoms with van der Waals surface area (Å²) in [5.41, 5.74) is 7.77. The molecular formula is C32H31FN8O2S. The summed E-state index contributed by atoms with van der Waals surface area (Å²) in [5, 5.41) is 7.57. The molecule has 0 spiro atoms. The van der Waals surface area contributed by atoms with Gasteiger partial charge in [-0.05, 0) is 85.4 Å². The first-order valence-corrected chi connectivity index (χ1v) is 16.7. The van der Waals surface area contributed by atoms with E-state index in [2.05, 4.69) is 36.1 Å². The number of H-pyrrole nitrogens is 2. The van der Waals surface area contributed by atoms with Crippen molar-refractivity contribution in [1.82, 2.24) is 40.0 Å². The van der Waals surface area contributed by atoms with Gasteiger partial charge >= 0.3 is 0 Å². The zero-order valence-corrected chi connectivity index (χ0v) is 25.0. The maximum absolute atomic E-state index is 14.6. The minimum absolute atomic E-state index is 0.0596. The third-order valence-electron chi connectivity index (χ3n) is 8.00. The van der Waals surface area contributed by atoms with Crippen LogP contribution in [-0.2, 0) is 22.8 Å². The summed E-state index contributed by atoms with van der Waals surface area (Å²) >= 11 is 0. The van der Waals surface area contributed by atoms with E-state index in [1.807, 2.05) is 24.5 Å². The molecule has 7 rings (SSSR count). The van der Waals surface area contributed by atoms with Crippen molar-refractivity contribution in [3.05, 3.63) is 78.0 Å². The highest BCUT2D eigenvalue weighted by atomic mass is 32.2. The number of fused-ring (bicyclic) bond motifs is 2. The molecule has 0 atom stereocenters. The number of pyridine rings is 3. The maximum Gasteiger partial charge on any atom is 0.178 e. The number of piperidine rings is 1. The van der Waals surface area contributed by atoms with Gasteiger partial charge in [-0.1, -0.05) is 12.5 Å². The highest BCUT2D eigenvalue weighted by Gasteiger charge is 2.19. The number of rotatable bonds is 8. The molecule has 2 N–H and O–H groups in total. The molecule has 10 nitrogen and oxygen atoms in total. The molecule has 224 valence electrons. The van der Waals surface area contributed by atoms with E-state index in [4.69, 9.17) is 9.97 Å². The van der Waals surface area contributed by atoms with Crippen LogP contribution in [0.4, 0.5) is 4.39 Å². The standard InChI is InChI=1S/C32H31FN8O2S/c1-44(42,43)12-8-20-13-22(16-24(33)15-20)25-7-9-35-31-28(25)37-32(38-31)30-29-27(39-40-30)6-5-26(36-29)23-14-21(17-34-18-23)19-41-10-3-2-4-11-41/h5-7,9,13-18H,2-4,8,10-12,19H2,1H3,(H,39,40)(H,35,37,38). The molecule has 0 aliphatic carbocycles. The highest BCUT2D eigenvalue weighted by molar-refractivity contribution is 7.90. The van der Waals surface area contributed by atoms with Crippen molar-refractivity contribution in [2.45, 2.75) is 32.2 Å². The van der Waals surface area contributed by atoms with Crippen LogP contribution in [0.1, 0.15) is 30.4 Å². The molecular weight excluding hydrogens is 579 g/mol. The van der Waals surface area contributed by atoms with Gasteiger partial charge < -0.3 is 4.98 Å². The minimum Gasteiger partial charge on any atom is -0.335 e. The zero-order valence-electron chi connectivity index (χ0n) is 24.2. The summed E-state index contributed by atoms with van der Waals surface area (Å²) < 4.78 is 38.0. The van der Waals surface area contributed by atoms with Gasteiger partial charge in [0.2, 0.25) is 0 Å². The van der Waals surface area contributed by atoms with E-state index < -0.39 is 15.7 Å². The molecule has 1 aliphatic heterocycles. The van der Waals surface area contributed by atoms with E-state index in [-0.39, 0.29) is 12.2 Å². The lowest BCUT2D eigenvalue weighted by molar-refractivity contribution is 0.220. The molecule has 1 aliphatic rings. The van der Waals surface area contributed by atoms with Crippen molar-refractivity contribution in [2.24, 2.45) is 0 Å². The van der Waals surface area contributed by atoms with Gasteiger partial charge in [-0.3, -0.25) is 15.0 Å². The van der Waals surface area contributed by atoms with E-state index in [9.17, 15) is 12.8 Å². The average molecular weight is 611 g/mol. The Morgan fingerprint density at radius 3 is 2.64 bits per heavy atom. The summed E-state index contributed by atoms with van der Waals surface area (Å²) in [5.74, 6) is -0.0303. The van der Waals surface area contributed by atoms with Crippen molar-refractivity contribution in [1.29, 1.82) is 0 Å². The van der Waals surface area contributed by atoms with Gasteiger partial charge in [0.1, 0.15) is 21.2 Å². The normalized spacial score (nSPS) is 14.5. The van der Waals surface area contributed by atoms with Crippen LogP contribution >= 0.6 is 0 Å². The molecule has 0 amide bonds. The first-order chi connectivity index (χ1) is 21.3. The third kappa shape index (κ3) is 5.95. The van der Waals surface area contributed by atoms with Gasteiger partial charge in [-0.15, -0.1) is 0 Å². The zero-order chi connectivity index (χ0) is 30.3. The fourth-order valence-electron chi connectivity index (χ4n) is 5.83. The van der Waals surface area contributed by atoms with Gasteiger partial charge in [0.25, 0.3) is 0 Å². The molecule has 44 heavy (non-hydrogen) atoms. The number of aromatic amines is 2. The van der Waals surface area contributed by atoms with Crippen molar-refractivity contribution in [3.63, 3.8) is 0 Å². The molecule has 12 heteroatoms. The van der Waals surface area contributed by atoms with Crippen molar-refractivity contribution >= 4 is 32.0 Å². The first-order valence-electron chi connectivity index (χ1n) is 14.6. The Balaban J connectivity index is 1.23. The fourth-order valence-corrected chi connectivity index (χ4v) is 6.44. The Morgan fingerprint density at radius 2 is 1.80 bits per heavy atom. The summed E-state index contributed by atoms with van der Waals surface area (Å²) in [7, 11) is -3.19. The fraction of sp³-hybridized carbons (Fsp3) is 0.281. The molecule has 0 unspecified atom stereocenters. The average Bonchev–Trinajstić information content (AvgIpc) is 3.64. The Hall–Kier alpha value is -4.55. The second kappa shape index (κ2) is 11.5. The van der Waals surface area contributed by atoms with Crippen molar-refractivity contribution in [3.8, 4) is 33.9 Å². The lowest BCUT2D eigenvalue weighted by Crippen LogP contribution is -2.29. The van der Waals surface area contributed by atoms with Crippen LogP contribution in [0, 0.1) is 5.82 Å². The van der Waals surface area contributed by atoms with Gasteiger partial charge in [0.15, 0.2) is 17.2 Å². The second-order valence-electron chi connectivity index (χ2n) is 11.5. The number of hydrogen-bond acceptors (Lipinski definition) is 8. The lowest BCUT2D eigenvalue weighted by atomic mass is 10.0. The van der Waals surface area contributed by atoms with Crippen LogP contribution in [0.25, 0.3) is 56.1 Å². The van der Waals surface area contributed by atoms with E-state index in [1.54, 1.807) is 18.3 Å². The molecule has 6 heterocycles. The Kier molecular flexibility index (Phi) is 7.39. The van der Waals surface area contributed by atoms with Crippen molar-refractivity contribution in [2.75, 3.05) is 25.1 Å². The molecule has 5 aromatic heterocycles. The topological polar surface area (TPSA) is 133 Å². The second-order valence-corrected chi connectivity index (χ2v) is 13.7. The maximum atomic E-state index is 14.6. The first kappa shape index (κ1) is 28.2. The van der Waals surface area contributed by atoms with Crippen LogP contribution in [0.2, 0.25) is 0 Å². The molecule has 1 saturated heterocycles. The summed E-state index contributed by atoms with van der Waals surface area (Å²) in [6.07, 6.45) is 10.5. The number of aryl methyl sites for hydroxylation is 1. The molecule has 1 fully saturated rings. The number of halogens is 1. The van der Waals surface area contributed by atoms with Gasteiger partial charge in [0, 0.05) is 42.5 Å². The van der Waals surface area contributed by atoms with Crippen LogP contribution in [0.5, 0.6) is 0 Å². The number of nitrogens with one attached hydrogen (secondary N) is 2. The predicted octanol–water partition coefficient (Wildman–Crippen LogP) is 5.34. The number of aromatic nitrogens is 7. The molecule has 0 radical (unpaired) electrons. The summed E-state index contributed by atoms with van der Waals surface area (Å²) in [6.45, 7) is 3.10. The smallest absolute Gasteiger partial charge is 0.178 e. The monoisotopic (exact) mass is 610 g/mol. The predicted molar refractivity (Wildman–Crippen MR) is 168 cm³/mol. The van der Waals surface area contributed by atoms with Crippen LogP contribution < -0.4 is 0 Å². The number of benzene rings is 1. The van der Waals surface area contributed by atoms with E-state index in [1.165, 1.54) is 37.7 Å². The van der Waals surface area contributed by atoms with Crippen LogP contribution in [0.15, 0.2) is 61.1 Å². The van der Waals surface area contributed by atoms with Gasteiger partial charge in [-0.2, -0.15) is 5.10 Å². The summed E-state index contributed by atoms with van der Waals surface area (Å²) in [6, 6.07) is 12.4. The number of hydrogen-bond donors (Lipinski definition) is 2. The molecule has 0 bridgehead atoms. The number of imidazole rings is 1. The number of likely N-dealkylation sites (tertiary alicyclic amines) is 1. The highest BCUT2D eigenvalue weighted by Crippen LogP contribution is 2.32. The molecule has 1 aromatic carbocycles. The SMILES string of the molecule is CS(=O)(=O)CCc1cc(F)cc(-c2ccnc3nc(-c4n[nH]c5ccc(-c6cncc(CN7CCCCC7)c6)nc45)[nH]c23)c1. The van der Waals surface area contributed by atoms with E-state index in [0.717, 1.165) is 42.0 Å². The summed E-state index contributed by atoms with van der Waals surface area (Å²) in [4.78, 5) is 24.4. The molecule has 0 saturated carbocycles. The van der Waals surface area contributed by atoms with Crippen LogP contribution in [0.3, 0.4) is 0 Å². The lowest BCUT2D eigenvalue weighted by Gasteiger charge is -2.26. The third-order valence-corrected chi connectivity index (χ3v) is 8.95. The Morgan fingerprint density at radius 1 is 0.955 bits per heavy atom. The minimum atomic E-state index is -3.19. The van der Waals surface area contributed by atoms with Crippen LogP contribution in [-0.4, -0.2) is 73.5 Å². The quantitative estimate of drug-likeness (QED) is 0.236. The molecule has 6 aromatic rings. The van der Waals surface area contributed by atoms with Crippen molar-refractivity contribution < 1.29 is 12.8 Å². The van der Waals surface area contributed by atoms with Gasteiger partial charge in [0.05, 0.1) is 22.5 Å². The van der Waals surface area contributed by atoms with E-state index >= 15 is 0 Å². The Bertz CT molecular complexity index is 2100. The number of sulfone groups is 1. The Labute approximate surface area is 253 Å². The largest absolute Gasteiger partial charge is 0.335 e. The van der Waals surface area contributed by atoms with Gasteiger partial charge in [-0.25, -0.2) is 27.8 Å².